The van der Waals surface area contributed by atoms with Crippen LogP contribution in [0.4, 0.5) is 11.4 Å². The number of pyridine rings is 2. The lowest BCUT2D eigenvalue weighted by Gasteiger charge is -2.46. The third-order valence-electron chi connectivity index (χ3n) is 8.16. The highest BCUT2D eigenvalue weighted by Crippen LogP contribution is 2.52. The van der Waals surface area contributed by atoms with Gasteiger partial charge in [-0.15, -0.1) is 0 Å². The number of aromatic nitrogens is 2. The van der Waals surface area contributed by atoms with Crippen molar-refractivity contribution in [2.75, 3.05) is 12.0 Å². The molecule has 6 heteroatoms. The fraction of sp³-hybridized carbons (Fsp3) is 0.290. The van der Waals surface area contributed by atoms with Gasteiger partial charge in [-0.05, 0) is 73.7 Å². The summed E-state index contributed by atoms with van der Waals surface area (Å²) < 4.78 is 12.1. The standard InChI is InChI=1S/C31H30N4O2/c1-36-27-10-12-30-29(18-27)35(28-11-7-21(15-31(28)37-30)22-5-4-13-32-19-22)26-16-24-8-9-25(17-26)34(24)20-23-6-2-3-14-33-23/h2-7,10-15,18-19,24-26H,8-9,16-17,20H2,1H3. The van der Waals surface area contributed by atoms with E-state index in [1.54, 1.807) is 13.3 Å². The minimum absolute atomic E-state index is 0.384. The van der Waals surface area contributed by atoms with E-state index in [1.807, 2.05) is 36.7 Å². The molecule has 2 aromatic heterocycles. The molecule has 4 aromatic rings. The molecule has 7 rings (SSSR count). The minimum Gasteiger partial charge on any atom is -0.497 e. The molecule has 5 heterocycles. The fourth-order valence-corrected chi connectivity index (χ4v) is 6.44. The summed E-state index contributed by atoms with van der Waals surface area (Å²) >= 11 is 0. The Morgan fingerprint density at radius 3 is 2.49 bits per heavy atom. The minimum atomic E-state index is 0.384. The predicted octanol–water partition coefficient (Wildman–Crippen LogP) is 6.59. The van der Waals surface area contributed by atoms with Crippen LogP contribution in [0.5, 0.6) is 17.2 Å². The molecule has 2 fully saturated rings. The summed E-state index contributed by atoms with van der Waals surface area (Å²) in [7, 11) is 1.72. The van der Waals surface area contributed by atoms with Crippen LogP contribution in [0.15, 0.2) is 85.3 Å². The van der Waals surface area contributed by atoms with Crippen molar-refractivity contribution in [1.82, 2.24) is 14.9 Å². The van der Waals surface area contributed by atoms with Gasteiger partial charge >= 0.3 is 0 Å². The van der Waals surface area contributed by atoms with E-state index in [2.05, 4.69) is 62.2 Å². The third kappa shape index (κ3) is 4.02. The van der Waals surface area contributed by atoms with Crippen molar-refractivity contribution < 1.29 is 9.47 Å². The number of anilines is 2. The average Bonchev–Trinajstić information content (AvgIpc) is 3.17. The monoisotopic (exact) mass is 490 g/mol. The van der Waals surface area contributed by atoms with E-state index in [-0.39, 0.29) is 0 Å². The van der Waals surface area contributed by atoms with Crippen LogP contribution in [0.2, 0.25) is 0 Å². The van der Waals surface area contributed by atoms with Crippen molar-refractivity contribution in [3.05, 3.63) is 91.0 Å². The maximum atomic E-state index is 6.49. The van der Waals surface area contributed by atoms with Crippen molar-refractivity contribution in [1.29, 1.82) is 0 Å². The number of benzene rings is 2. The van der Waals surface area contributed by atoms with E-state index in [0.717, 1.165) is 64.8 Å². The van der Waals surface area contributed by atoms with Crippen molar-refractivity contribution >= 4 is 11.4 Å². The van der Waals surface area contributed by atoms with Crippen LogP contribution in [-0.2, 0) is 6.54 Å². The topological polar surface area (TPSA) is 50.7 Å². The Labute approximate surface area is 217 Å². The van der Waals surface area contributed by atoms with E-state index in [0.29, 0.717) is 18.1 Å². The van der Waals surface area contributed by atoms with Gasteiger partial charge in [0.15, 0.2) is 11.5 Å². The molecule has 0 radical (unpaired) electrons. The number of methoxy groups -OCH3 is 1. The Hall–Kier alpha value is -3.90. The first-order chi connectivity index (χ1) is 18.3. The van der Waals surface area contributed by atoms with Gasteiger partial charge in [0.05, 0.1) is 24.2 Å². The Bertz CT molecular complexity index is 1400. The largest absolute Gasteiger partial charge is 0.497 e. The first-order valence-electron chi connectivity index (χ1n) is 13.1. The third-order valence-corrected chi connectivity index (χ3v) is 8.16. The number of rotatable bonds is 5. The van der Waals surface area contributed by atoms with E-state index < -0.39 is 0 Å². The van der Waals surface area contributed by atoms with Gasteiger partial charge < -0.3 is 14.4 Å². The summed E-state index contributed by atoms with van der Waals surface area (Å²) in [5.74, 6) is 2.61. The Morgan fingerprint density at radius 2 is 1.73 bits per heavy atom. The summed E-state index contributed by atoms with van der Waals surface area (Å²) in [6.07, 6.45) is 10.3. The lowest BCUT2D eigenvalue weighted by Crippen LogP contribution is -2.49. The van der Waals surface area contributed by atoms with E-state index >= 15 is 0 Å². The fourth-order valence-electron chi connectivity index (χ4n) is 6.44. The van der Waals surface area contributed by atoms with Crippen molar-refractivity contribution in [2.45, 2.75) is 50.4 Å². The highest BCUT2D eigenvalue weighted by Gasteiger charge is 2.44. The smallest absolute Gasteiger partial charge is 0.151 e. The van der Waals surface area contributed by atoms with Crippen LogP contribution < -0.4 is 14.4 Å². The van der Waals surface area contributed by atoms with Gasteiger partial charge in [-0.3, -0.25) is 14.9 Å². The van der Waals surface area contributed by atoms with Crippen LogP contribution in [0.1, 0.15) is 31.4 Å². The van der Waals surface area contributed by atoms with E-state index in [4.69, 9.17) is 9.47 Å². The van der Waals surface area contributed by atoms with Gasteiger partial charge in [0.2, 0.25) is 0 Å². The Morgan fingerprint density at radius 1 is 0.838 bits per heavy atom. The molecule has 186 valence electrons. The van der Waals surface area contributed by atoms with Crippen molar-refractivity contribution in [2.24, 2.45) is 0 Å². The molecule has 6 nitrogen and oxygen atoms in total. The molecule has 0 N–H and O–H groups in total. The molecule has 0 amide bonds. The summed E-state index contributed by atoms with van der Waals surface area (Å²) in [6, 6.07) is 24.5. The normalized spacial score (nSPS) is 22.2. The molecule has 3 aliphatic heterocycles. The zero-order chi connectivity index (χ0) is 24.8. The molecule has 2 aromatic carbocycles. The molecule has 2 saturated heterocycles. The van der Waals surface area contributed by atoms with Crippen LogP contribution >= 0.6 is 0 Å². The highest BCUT2D eigenvalue weighted by molar-refractivity contribution is 5.82. The predicted molar refractivity (Wildman–Crippen MR) is 144 cm³/mol. The van der Waals surface area contributed by atoms with Gasteiger partial charge in [-0.25, -0.2) is 0 Å². The zero-order valence-electron chi connectivity index (χ0n) is 21.0. The molecule has 2 unspecified atom stereocenters. The second-order valence-electron chi connectivity index (χ2n) is 10.2. The number of hydrogen-bond donors (Lipinski definition) is 0. The number of ether oxygens (including phenoxy) is 2. The van der Waals surface area contributed by atoms with Crippen LogP contribution in [0, 0.1) is 0 Å². The van der Waals surface area contributed by atoms with Gasteiger partial charge in [-0.1, -0.05) is 18.2 Å². The van der Waals surface area contributed by atoms with Crippen molar-refractivity contribution in [3.63, 3.8) is 0 Å². The molecule has 2 bridgehead atoms. The molecule has 2 atom stereocenters. The second-order valence-corrected chi connectivity index (χ2v) is 10.2. The average molecular weight is 491 g/mol. The van der Waals surface area contributed by atoms with Gasteiger partial charge in [0.1, 0.15) is 5.75 Å². The molecule has 0 spiro atoms. The first-order valence-corrected chi connectivity index (χ1v) is 13.1. The maximum Gasteiger partial charge on any atom is 0.151 e. The lowest BCUT2D eigenvalue weighted by atomic mass is 9.93. The van der Waals surface area contributed by atoms with Gasteiger partial charge in [0, 0.05) is 54.9 Å². The molecule has 3 aliphatic rings. The summed E-state index contributed by atoms with van der Waals surface area (Å²) in [4.78, 5) is 14.1. The lowest BCUT2D eigenvalue weighted by molar-refractivity contribution is 0.118. The Balaban J connectivity index is 1.24. The van der Waals surface area contributed by atoms with Crippen LogP contribution in [-0.4, -0.2) is 40.1 Å². The number of piperidine rings is 1. The second kappa shape index (κ2) is 9.20. The summed E-state index contributed by atoms with van der Waals surface area (Å²) in [5, 5.41) is 0. The van der Waals surface area contributed by atoms with Crippen LogP contribution in [0.25, 0.3) is 11.1 Å². The quantitative estimate of drug-likeness (QED) is 0.315. The first kappa shape index (κ1) is 22.3. The van der Waals surface area contributed by atoms with E-state index in [1.165, 1.54) is 12.8 Å². The van der Waals surface area contributed by atoms with E-state index in [9.17, 15) is 0 Å². The molecular weight excluding hydrogens is 460 g/mol. The highest BCUT2D eigenvalue weighted by atomic mass is 16.5. The zero-order valence-corrected chi connectivity index (χ0v) is 21.0. The van der Waals surface area contributed by atoms with Gasteiger partial charge in [0.25, 0.3) is 0 Å². The molecular formula is C31H30N4O2. The number of fused-ring (bicyclic) bond motifs is 4. The SMILES string of the molecule is COc1ccc2c(c1)N(C1CC3CCC(C1)N3Cc1ccccn1)c1ccc(-c3cccnc3)cc1O2. The van der Waals surface area contributed by atoms with Gasteiger partial charge in [-0.2, -0.15) is 0 Å². The summed E-state index contributed by atoms with van der Waals surface area (Å²) in [6.45, 7) is 0.932. The van der Waals surface area contributed by atoms with Crippen molar-refractivity contribution in [3.8, 4) is 28.4 Å². The molecule has 0 saturated carbocycles. The van der Waals surface area contributed by atoms with Crippen LogP contribution in [0.3, 0.4) is 0 Å². The summed E-state index contributed by atoms with van der Waals surface area (Å²) in [5.41, 5.74) is 5.56. The Kier molecular flexibility index (Phi) is 5.55. The maximum absolute atomic E-state index is 6.49. The number of hydrogen-bond acceptors (Lipinski definition) is 6. The number of nitrogens with zero attached hydrogens (tertiary/aromatic N) is 4. The molecule has 37 heavy (non-hydrogen) atoms. The molecule has 0 aliphatic carbocycles.